The van der Waals surface area contributed by atoms with Crippen molar-refractivity contribution in [1.82, 2.24) is 0 Å². The molecule has 1 aliphatic rings. The predicted molar refractivity (Wildman–Crippen MR) is 27.5 cm³/mol. The summed E-state index contributed by atoms with van der Waals surface area (Å²) < 4.78 is 3.71. The molecular weight excluding hydrogens is 102 g/mol. The van der Waals surface area contributed by atoms with Crippen molar-refractivity contribution in [3.63, 3.8) is 0 Å². The second kappa shape index (κ2) is 1.72. The average molecular weight is 104 g/mol. The summed E-state index contributed by atoms with van der Waals surface area (Å²) in [7, 11) is 0. The highest BCUT2D eigenvalue weighted by Gasteiger charge is 1.89. The Morgan fingerprint density at radius 3 is 3.00 bits per heavy atom. The molecule has 0 fully saturated rings. The van der Waals surface area contributed by atoms with Crippen molar-refractivity contribution in [3.8, 4) is 0 Å². The van der Waals surface area contributed by atoms with E-state index in [2.05, 4.69) is 9.94 Å². The predicted octanol–water partition coefficient (Wildman–Crippen LogP) is 1.24. The maximum atomic E-state index is 3.71. The summed E-state index contributed by atoms with van der Waals surface area (Å²) in [5.74, 6) is 0. The van der Waals surface area contributed by atoms with Crippen molar-refractivity contribution in [1.29, 1.82) is 0 Å². The van der Waals surface area contributed by atoms with Gasteiger partial charge in [-0.1, -0.05) is 11.8 Å². The Kier molecular flexibility index (Phi) is 1.22. The zero-order valence-electron chi connectivity index (χ0n) is 2.47. The van der Waals surface area contributed by atoms with Gasteiger partial charge < -0.3 is 0 Å². The van der Waals surface area contributed by atoms with Crippen molar-refractivity contribution in [2.75, 3.05) is 5.08 Å². The zero-order chi connectivity index (χ0) is 3.54. The fraction of sp³-hybridized carbons (Fsp3) is 0.500. The Labute approximate surface area is 39.4 Å². The zero-order valence-corrected chi connectivity index (χ0v) is 4.10. The highest BCUT2D eigenvalue weighted by Crippen LogP contribution is 2.17. The Morgan fingerprint density at radius 1 is 1.80 bits per heavy atom. The molecule has 1 radical (unpaired) electrons. The van der Waals surface area contributed by atoms with Gasteiger partial charge in [0.25, 0.3) is 0 Å². The van der Waals surface area contributed by atoms with E-state index in [1.807, 2.05) is 0 Å². The minimum absolute atomic E-state index is 1.06. The fourth-order valence-electron chi connectivity index (χ4n) is 0.132. The quantitative estimate of drug-likeness (QED) is 0.429. The van der Waals surface area contributed by atoms with Crippen molar-refractivity contribution >= 4 is 29.3 Å². The number of hydrogen-bond acceptors (Lipinski definition) is 3. The molecule has 0 bridgehead atoms. The van der Waals surface area contributed by atoms with Crippen LogP contribution in [-0.2, 0) is 0 Å². The van der Waals surface area contributed by atoms with E-state index < -0.39 is 0 Å². The maximum absolute atomic E-state index is 3.71. The molecule has 0 atom stereocenters. The van der Waals surface area contributed by atoms with Crippen LogP contribution < -0.4 is 0 Å². The van der Waals surface area contributed by atoms with Gasteiger partial charge >= 0.3 is 0 Å². The first-order valence-electron chi connectivity index (χ1n) is 1.19. The van der Waals surface area contributed by atoms with Gasteiger partial charge in [-0.15, -0.1) is 0 Å². The van der Waals surface area contributed by atoms with Gasteiger partial charge in [-0.05, 0) is 11.9 Å². The van der Waals surface area contributed by atoms with Crippen LogP contribution >= 0.6 is 23.7 Å². The highest BCUT2D eigenvalue weighted by atomic mass is 32.2. The summed E-state index contributed by atoms with van der Waals surface area (Å²) in [6.07, 6.45) is 0. The number of rotatable bonds is 0. The molecule has 0 spiro atoms. The van der Waals surface area contributed by atoms with E-state index >= 15 is 0 Å². The van der Waals surface area contributed by atoms with Gasteiger partial charge in [-0.3, -0.25) is 0 Å². The van der Waals surface area contributed by atoms with E-state index in [9.17, 15) is 0 Å². The topological polar surface area (TPSA) is 12.4 Å². The van der Waals surface area contributed by atoms with E-state index in [4.69, 9.17) is 0 Å². The molecule has 0 aromatic heterocycles. The standard InChI is InChI=1S/C2H2NS2/c1-3-5-2-4-1/h2H2. The summed E-state index contributed by atoms with van der Waals surface area (Å²) in [6.45, 7) is 0. The van der Waals surface area contributed by atoms with E-state index in [0.29, 0.717) is 0 Å². The highest BCUT2D eigenvalue weighted by molar-refractivity contribution is 8.25. The smallest absolute Gasteiger partial charge is 0.138 e. The molecule has 0 amide bonds. The van der Waals surface area contributed by atoms with Crippen LogP contribution in [0.2, 0.25) is 0 Å². The van der Waals surface area contributed by atoms with Gasteiger partial charge in [0.05, 0.1) is 5.08 Å². The van der Waals surface area contributed by atoms with Gasteiger partial charge in [-0.2, -0.15) is 0 Å². The van der Waals surface area contributed by atoms with Crippen LogP contribution in [0.25, 0.3) is 0 Å². The molecule has 0 saturated carbocycles. The molecule has 1 rings (SSSR count). The summed E-state index contributed by atoms with van der Waals surface area (Å²) >= 11 is 3.17. The summed E-state index contributed by atoms with van der Waals surface area (Å²) in [5.41, 5.74) is 2.73. The number of nitrogens with zero attached hydrogens (tertiary/aromatic N) is 1. The largest absolute Gasteiger partial charge is 0.206 e. The van der Waals surface area contributed by atoms with Crippen LogP contribution in [0, 0.1) is 0 Å². The first-order valence-corrected chi connectivity index (χ1v) is 3.12. The first kappa shape index (κ1) is 3.56. The lowest BCUT2D eigenvalue weighted by Crippen LogP contribution is -1.46. The second-order valence-electron chi connectivity index (χ2n) is 0.574. The maximum Gasteiger partial charge on any atom is 0.138 e. The fourth-order valence-corrected chi connectivity index (χ4v) is 1.19. The summed E-state index contributed by atoms with van der Waals surface area (Å²) in [4.78, 5) is 0. The second-order valence-corrected chi connectivity index (χ2v) is 2.43. The van der Waals surface area contributed by atoms with Gasteiger partial charge in [0.15, 0.2) is 0 Å². The molecule has 0 N–H and O–H groups in total. The number of thioether (sulfide) groups is 1. The Hall–Kier alpha value is 0.370. The Morgan fingerprint density at radius 2 is 2.80 bits per heavy atom. The van der Waals surface area contributed by atoms with Crippen LogP contribution in [-0.4, -0.2) is 10.6 Å². The van der Waals surface area contributed by atoms with Crippen LogP contribution in [0.4, 0.5) is 0 Å². The van der Waals surface area contributed by atoms with Gasteiger partial charge in [0.2, 0.25) is 0 Å². The SMILES string of the molecule is [C]1=NSCS1. The molecule has 0 aromatic carbocycles. The number of hydrogen-bond donors (Lipinski definition) is 0. The Balaban J connectivity index is 2.32. The van der Waals surface area contributed by atoms with Gasteiger partial charge in [-0.25, -0.2) is 4.40 Å². The van der Waals surface area contributed by atoms with Crippen molar-refractivity contribution in [3.05, 3.63) is 0 Å². The molecule has 0 saturated heterocycles. The van der Waals surface area contributed by atoms with Crippen molar-refractivity contribution < 1.29 is 0 Å². The molecule has 1 aliphatic heterocycles. The van der Waals surface area contributed by atoms with E-state index in [1.165, 1.54) is 0 Å². The molecule has 0 aliphatic carbocycles. The van der Waals surface area contributed by atoms with Crippen LogP contribution in [0.3, 0.4) is 0 Å². The minimum atomic E-state index is 1.06. The lowest BCUT2D eigenvalue weighted by molar-refractivity contribution is 2.02. The van der Waals surface area contributed by atoms with Crippen LogP contribution in [0.5, 0.6) is 0 Å². The molecule has 0 unspecified atom stereocenters. The molecular formula is C2H2NS2. The van der Waals surface area contributed by atoms with E-state index in [1.54, 1.807) is 23.7 Å². The average Bonchev–Trinajstić information content (AvgIpc) is 1.76. The third-order valence-corrected chi connectivity index (χ3v) is 1.73. The van der Waals surface area contributed by atoms with Crippen molar-refractivity contribution in [2.45, 2.75) is 0 Å². The van der Waals surface area contributed by atoms with E-state index in [0.717, 1.165) is 5.08 Å². The molecule has 27 valence electrons. The molecule has 1 nitrogen and oxygen atoms in total. The molecule has 1 heterocycles. The normalized spacial score (nSPS) is 20.8. The third-order valence-electron chi connectivity index (χ3n) is 0.278. The first-order chi connectivity index (χ1) is 2.50. The van der Waals surface area contributed by atoms with Gasteiger partial charge in [0, 0.05) is 0 Å². The van der Waals surface area contributed by atoms with E-state index in [-0.39, 0.29) is 0 Å². The lowest BCUT2D eigenvalue weighted by atomic mass is 11.7. The lowest BCUT2D eigenvalue weighted by Gasteiger charge is -1.65. The van der Waals surface area contributed by atoms with Crippen molar-refractivity contribution in [2.24, 2.45) is 4.40 Å². The van der Waals surface area contributed by atoms with Crippen LogP contribution in [0.15, 0.2) is 4.40 Å². The molecule has 0 aromatic rings. The molecule has 5 heavy (non-hydrogen) atoms. The monoisotopic (exact) mass is 104 g/mol. The third kappa shape index (κ3) is 0.851. The summed E-state index contributed by atoms with van der Waals surface area (Å²) in [5, 5.41) is 1.06. The molecule has 3 heteroatoms. The Bertz CT molecular complexity index is 45.6. The van der Waals surface area contributed by atoms with Crippen LogP contribution in [0.1, 0.15) is 0 Å². The summed E-state index contributed by atoms with van der Waals surface area (Å²) in [6, 6.07) is 0. The minimum Gasteiger partial charge on any atom is -0.206 e. The van der Waals surface area contributed by atoms with Gasteiger partial charge in [0.1, 0.15) is 5.55 Å².